The molecule has 4 nitrogen and oxygen atoms in total. The van der Waals surface area contributed by atoms with E-state index in [1.807, 2.05) is 0 Å². The quantitative estimate of drug-likeness (QED) is 0.672. The van der Waals surface area contributed by atoms with Gasteiger partial charge in [0, 0.05) is 0 Å². The summed E-state index contributed by atoms with van der Waals surface area (Å²) >= 11 is -2.88. The van der Waals surface area contributed by atoms with Gasteiger partial charge in [-0.05, 0) is 0 Å². The molecule has 0 aliphatic rings. The van der Waals surface area contributed by atoms with Crippen molar-refractivity contribution in [1.29, 1.82) is 0 Å². The molecule has 0 unspecified atom stereocenters. The third-order valence-electron chi connectivity index (χ3n) is 3.18. The van der Waals surface area contributed by atoms with Gasteiger partial charge < -0.3 is 0 Å². The van der Waals surface area contributed by atoms with Crippen LogP contribution in [0.3, 0.4) is 0 Å². The summed E-state index contributed by atoms with van der Waals surface area (Å²) in [5, 5.41) is 0. The number of ether oxygens (including phenoxy) is 1. The van der Waals surface area contributed by atoms with E-state index in [0.29, 0.717) is 0 Å². The molecule has 0 heterocycles. The topological polar surface area (TPSA) is 19.0 Å². The Morgan fingerprint density at radius 2 is 1.19 bits per heavy atom. The molecule has 0 radical (unpaired) electrons. The van der Waals surface area contributed by atoms with Crippen LogP contribution in [-0.4, -0.2) is 81.1 Å². The van der Waals surface area contributed by atoms with E-state index in [1.165, 1.54) is 0 Å². The van der Waals surface area contributed by atoms with Gasteiger partial charge in [0.25, 0.3) is 0 Å². The normalized spacial score (nSPS) is 14.2. The third-order valence-corrected chi connectivity index (χ3v) is 18.9. The first-order valence-electron chi connectivity index (χ1n) is 5.80. The predicted octanol–water partition coefficient (Wildman–Crippen LogP) is 0.964. The van der Waals surface area contributed by atoms with E-state index in [0.717, 1.165) is 6.61 Å². The van der Waals surface area contributed by atoms with Crippen LogP contribution in [0.2, 0.25) is 0 Å². The van der Waals surface area contributed by atoms with Crippen LogP contribution >= 0.6 is 0 Å². The second kappa shape index (κ2) is 6.00. The summed E-state index contributed by atoms with van der Waals surface area (Å²) in [5.41, 5.74) is 0. The van der Waals surface area contributed by atoms with E-state index >= 15 is 0 Å². The van der Waals surface area contributed by atoms with E-state index in [9.17, 15) is 0 Å². The Morgan fingerprint density at radius 3 is 1.38 bits per heavy atom. The third kappa shape index (κ3) is 2.72. The van der Waals surface area contributed by atoms with E-state index in [4.69, 9.17) is 4.74 Å². The number of rotatable bonds is 6. The van der Waals surface area contributed by atoms with Gasteiger partial charge in [0.1, 0.15) is 0 Å². The van der Waals surface area contributed by atoms with Crippen molar-refractivity contribution in [3.8, 4) is 0 Å². The second-order valence-electron chi connectivity index (χ2n) is 5.26. The summed E-state index contributed by atoms with van der Waals surface area (Å²) in [4.78, 5) is 0. The summed E-state index contributed by atoms with van der Waals surface area (Å²) in [7, 11) is 13.1. The maximum absolute atomic E-state index is 6.05. The van der Waals surface area contributed by atoms with Crippen molar-refractivity contribution in [3.05, 3.63) is 0 Å². The van der Waals surface area contributed by atoms with Gasteiger partial charge in [-0.25, -0.2) is 0 Å². The summed E-state index contributed by atoms with van der Waals surface area (Å²) in [6, 6.07) is 0. The van der Waals surface area contributed by atoms with E-state index in [2.05, 4.69) is 72.4 Å². The molecule has 0 aliphatic carbocycles. The average molecular weight is 338 g/mol. The van der Waals surface area contributed by atoms with Gasteiger partial charge in [-0.1, -0.05) is 0 Å². The van der Waals surface area contributed by atoms with Crippen LogP contribution in [0.1, 0.15) is 20.8 Å². The molecule has 0 spiro atoms. The van der Waals surface area contributed by atoms with Gasteiger partial charge >= 0.3 is 107 Å². The SMILES string of the molecule is CCO[C](C)(C)[Sn]([N](C)C)([N](C)C)[N](C)C. The fraction of sp³-hybridized carbons (Fsp3) is 1.00. The molecule has 0 amide bonds. The number of hydrogen-bond acceptors (Lipinski definition) is 4. The van der Waals surface area contributed by atoms with Crippen LogP contribution in [0.4, 0.5) is 0 Å². The molecule has 16 heavy (non-hydrogen) atoms. The zero-order valence-electron chi connectivity index (χ0n) is 12.5. The Balaban J connectivity index is 5.51. The molecular formula is C11H29N3OSn. The summed E-state index contributed by atoms with van der Waals surface area (Å²) in [6.07, 6.45) is 0. The van der Waals surface area contributed by atoms with Crippen LogP contribution in [0.25, 0.3) is 0 Å². The summed E-state index contributed by atoms with van der Waals surface area (Å²) in [5.74, 6) is 0. The molecule has 98 valence electrons. The molecular weight excluding hydrogens is 309 g/mol. The van der Waals surface area contributed by atoms with E-state index in [-0.39, 0.29) is 3.62 Å². The minimum atomic E-state index is -2.88. The fourth-order valence-electron chi connectivity index (χ4n) is 3.27. The monoisotopic (exact) mass is 339 g/mol. The van der Waals surface area contributed by atoms with Crippen LogP contribution in [0, 0.1) is 0 Å². The predicted molar refractivity (Wildman–Crippen MR) is 72.5 cm³/mol. The van der Waals surface area contributed by atoms with E-state index < -0.39 is 19.2 Å². The summed E-state index contributed by atoms with van der Waals surface area (Å²) < 4.78 is 13.2. The van der Waals surface area contributed by atoms with Gasteiger partial charge in [0.15, 0.2) is 0 Å². The molecule has 0 aromatic rings. The van der Waals surface area contributed by atoms with Gasteiger partial charge in [-0.2, -0.15) is 0 Å². The zero-order chi connectivity index (χ0) is 13.1. The molecule has 0 N–H and O–H groups in total. The van der Waals surface area contributed by atoms with Crippen molar-refractivity contribution >= 4 is 19.2 Å². The summed E-state index contributed by atoms with van der Waals surface area (Å²) in [6.45, 7) is 7.29. The first-order chi connectivity index (χ1) is 7.14. The first-order valence-corrected chi connectivity index (χ1v) is 11.1. The number of nitrogens with zero attached hydrogens (tertiary/aromatic N) is 3. The molecule has 0 aliphatic heterocycles. The molecule has 0 saturated heterocycles. The molecule has 0 saturated carbocycles. The second-order valence-corrected chi connectivity index (χ2v) is 20.0. The van der Waals surface area contributed by atoms with Crippen molar-refractivity contribution in [2.45, 2.75) is 24.4 Å². The number of hydrogen-bond donors (Lipinski definition) is 0. The fourth-order valence-corrected chi connectivity index (χ4v) is 20.3. The van der Waals surface area contributed by atoms with Crippen LogP contribution in [0.15, 0.2) is 0 Å². The molecule has 0 rings (SSSR count). The van der Waals surface area contributed by atoms with Gasteiger partial charge in [-0.3, -0.25) is 0 Å². The molecule has 5 heteroatoms. The average Bonchev–Trinajstić information content (AvgIpc) is 2.00. The van der Waals surface area contributed by atoms with Crippen molar-refractivity contribution in [2.24, 2.45) is 0 Å². The Labute approximate surface area is 106 Å². The van der Waals surface area contributed by atoms with Crippen LogP contribution < -0.4 is 0 Å². The molecule has 0 aromatic carbocycles. The van der Waals surface area contributed by atoms with Crippen LogP contribution in [-0.2, 0) is 4.74 Å². The van der Waals surface area contributed by atoms with Gasteiger partial charge in [0.05, 0.1) is 0 Å². The van der Waals surface area contributed by atoms with Crippen molar-refractivity contribution < 1.29 is 4.74 Å². The molecule has 0 bridgehead atoms. The molecule has 0 atom stereocenters. The maximum atomic E-state index is 6.05. The van der Waals surface area contributed by atoms with Gasteiger partial charge in [0.2, 0.25) is 0 Å². The first kappa shape index (κ1) is 16.6. The Kier molecular flexibility index (Phi) is 6.24. The van der Waals surface area contributed by atoms with Crippen molar-refractivity contribution in [3.63, 3.8) is 0 Å². The molecule has 0 aromatic heterocycles. The standard InChI is InChI=1S/C5H11O.3C2H6N.Sn/c1-4-6-5(2)3;3*1-3-2;/h4H2,1-3H3;3*1-2H3;/q;3*-1;+3. The Hall–Kier alpha value is 0.639. The van der Waals surface area contributed by atoms with Gasteiger partial charge in [-0.15, -0.1) is 0 Å². The Morgan fingerprint density at radius 1 is 0.875 bits per heavy atom. The van der Waals surface area contributed by atoms with Crippen LogP contribution in [0.5, 0.6) is 0 Å². The van der Waals surface area contributed by atoms with E-state index in [1.54, 1.807) is 0 Å². The Bertz CT molecular complexity index is 196. The van der Waals surface area contributed by atoms with Crippen molar-refractivity contribution in [1.82, 2.24) is 9.36 Å². The zero-order valence-corrected chi connectivity index (χ0v) is 15.3. The van der Waals surface area contributed by atoms with Crippen molar-refractivity contribution in [2.75, 3.05) is 48.9 Å². The molecule has 0 fully saturated rings. The minimum absolute atomic E-state index is 0.0834.